The first-order valence-electron chi connectivity index (χ1n) is 11.8. The van der Waals surface area contributed by atoms with E-state index >= 15 is 0 Å². The molecule has 2 aliphatic rings. The maximum Gasteiger partial charge on any atom is 0.257 e. The standard InChI is InChI=1S/C25H33N3O4/c1-17-22(16-32-28-17)24(29)27-23(19-7-5-3-2-4-6-8-19)25(30)26-21-11-9-18(10-12-21)20-13-14-31-15-20/h9-12,16,19-20,23H,2-8,13-15H2,1H3,(H,26,30)(H,27,29). The highest BCUT2D eigenvalue weighted by Crippen LogP contribution is 2.28. The summed E-state index contributed by atoms with van der Waals surface area (Å²) in [6, 6.07) is 7.38. The van der Waals surface area contributed by atoms with Crippen LogP contribution in [0.1, 0.15) is 78.9 Å². The summed E-state index contributed by atoms with van der Waals surface area (Å²) in [5, 5.41) is 9.81. The number of ether oxygens (including phenoxy) is 1. The SMILES string of the molecule is Cc1nocc1C(=O)NC(C(=O)Nc1ccc(C2CCOC2)cc1)C1CCCCCCC1. The monoisotopic (exact) mass is 439 g/mol. The number of aromatic nitrogens is 1. The molecule has 2 aromatic rings. The molecule has 0 radical (unpaired) electrons. The predicted molar refractivity (Wildman–Crippen MR) is 122 cm³/mol. The van der Waals surface area contributed by atoms with Crippen LogP contribution in [-0.2, 0) is 9.53 Å². The lowest BCUT2D eigenvalue weighted by Gasteiger charge is -2.28. The van der Waals surface area contributed by atoms with Crippen molar-refractivity contribution in [3.8, 4) is 0 Å². The quantitative estimate of drug-likeness (QED) is 0.687. The molecule has 2 atom stereocenters. The van der Waals surface area contributed by atoms with E-state index < -0.39 is 6.04 Å². The Morgan fingerprint density at radius 2 is 1.75 bits per heavy atom. The number of hydrogen-bond donors (Lipinski definition) is 2. The first-order chi connectivity index (χ1) is 15.6. The number of nitrogens with one attached hydrogen (secondary N) is 2. The van der Waals surface area contributed by atoms with E-state index in [0.717, 1.165) is 51.0 Å². The molecule has 7 nitrogen and oxygen atoms in total. The van der Waals surface area contributed by atoms with E-state index in [4.69, 9.17) is 9.26 Å². The van der Waals surface area contributed by atoms with E-state index in [1.54, 1.807) is 6.92 Å². The molecule has 32 heavy (non-hydrogen) atoms. The Hall–Kier alpha value is -2.67. The third-order valence-electron chi connectivity index (χ3n) is 6.76. The molecule has 2 unspecified atom stereocenters. The highest BCUT2D eigenvalue weighted by Gasteiger charge is 2.31. The highest BCUT2D eigenvalue weighted by atomic mass is 16.5. The first kappa shape index (κ1) is 22.5. The van der Waals surface area contributed by atoms with Gasteiger partial charge in [-0.15, -0.1) is 0 Å². The zero-order valence-electron chi connectivity index (χ0n) is 18.8. The third-order valence-corrected chi connectivity index (χ3v) is 6.76. The summed E-state index contributed by atoms with van der Waals surface area (Å²) >= 11 is 0. The molecule has 1 aliphatic heterocycles. The molecule has 2 fully saturated rings. The van der Waals surface area contributed by atoms with Crippen LogP contribution in [0.25, 0.3) is 0 Å². The number of aryl methyl sites for hydroxylation is 1. The smallest absolute Gasteiger partial charge is 0.257 e. The summed E-state index contributed by atoms with van der Waals surface area (Å²) in [4.78, 5) is 26.2. The summed E-state index contributed by atoms with van der Waals surface area (Å²) in [6.07, 6.45) is 9.99. The minimum Gasteiger partial charge on any atom is -0.381 e. The molecule has 2 amide bonds. The Morgan fingerprint density at radius 1 is 1.03 bits per heavy atom. The zero-order valence-corrected chi connectivity index (χ0v) is 18.8. The van der Waals surface area contributed by atoms with E-state index in [1.165, 1.54) is 31.1 Å². The van der Waals surface area contributed by atoms with Crippen molar-refractivity contribution in [3.63, 3.8) is 0 Å². The summed E-state index contributed by atoms with van der Waals surface area (Å²) < 4.78 is 10.4. The fraction of sp³-hybridized carbons (Fsp3) is 0.560. The van der Waals surface area contributed by atoms with E-state index in [-0.39, 0.29) is 17.7 Å². The van der Waals surface area contributed by atoms with E-state index in [9.17, 15) is 9.59 Å². The van der Waals surface area contributed by atoms with Gasteiger partial charge in [0.15, 0.2) is 0 Å². The number of nitrogens with zero attached hydrogens (tertiary/aromatic N) is 1. The molecule has 2 N–H and O–H groups in total. The fourth-order valence-electron chi connectivity index (χ4n) is 4.80. The van der Waals surface area contributed by atoms with Crippen LogP contribution in [0.3, 0.4) is 0 Å². The Balaban J connectivity index is 1.48. The van der Waals surface area contributed by atoms with Gasteiger partial charge < -0.3 is 19.9 Å². The predicted octanol–water partition coefficient (Wildman–Crippen LogP) is 4.58. The molecule has 7 heteroatoms. The number of benzene rings is 1. The minimum atomic E-state index is -0.599. The molecule has 1 aliphatic carbocycles. The molecule has 0 spiro atoms. The van der Waals surface area contributed by atoms with Crippen LogP contribution in [0.5, 0.6) is 0 Å². The lowest BCUT2D eigenvalue weighted by Crippen LogP contribution is -2.48. The molecular weight excluding hydrogens is 406 g/mol. The Morgan fingerprint density at radius 3 is 2.38 bits per heavy atom. The van der Waals surface area contributed by atoms with Gasteiger partial charge in [-0.1, -0.05) is 49.4 Å². The first-order valence-corrected chi connectivity index (χ1v) is 11.8. The van der Waals surface area contributed by atoms with Gasteiger partial charge in [0, 0.05) is 18.2 Å². The van der Waals surface area contributed by atoms with E-state index in [1.807, 2.05) is 12.1 Å². The van der Waals surface area contributed by atoms with Crippen LogP contribution < -0.4 is 10.6 Å². The third kappa shape index (κ3) is 5.57. The van der Waals surface area contributed by atoms with Crippen molar-refractivity contribution >= 4 is 17.5 Å². The average molecular weight is 440 g/mol. The molecule has 1 saturated heterocycles. The number of amides is 2. The average Bonchev–Trinajstić information content (AvgIpc) is 3.45. The maximum absolute atomic E-state index is 13.4. The van der Waals surface area contributed by atoms with Gasteiger partial charge in [-0.25, -0.2) is 0 Å². The van der Waals surface area contributed by atoms with Gasteiger partial charge in [0.25, 0.3) is 5.91 Å². The van der Waals surface area contributed by atoms with Crippen LogP contribution in [0.15, 0.2) is 35.1 Å². The summed E-state index contributed by atoms with van der Waals surface area (Å²) in [5.74, 6) is 0.0420. The lowest BCUT2D eigenvalue weighted by atomic mass is 9.85. The van der Waals surface area contributed by atoms with Crippen LogP contribution in [-0.4, -0.2) is 36.2 Å². The molecule has 172 valence electrons. The van der Waals surface area contributed by atoms with Gasteiger partial charge in [0.1, 0.15) is 17.9 Å². The van der Waals surface area contributed by atoms with Crippen molar-refractivity contribution in [2.45, 2.75) is 70.3 Å². The van der Waals surface area contributed by atoms with E-state index in [0.29, 0.717) is 17.2 Å². The number of rotatable bonds is 6. The van der Waals surface area contributed by atoms with Crippen molar-refractivity contribution in [1.29, 1.82) is 0 Å². The largest absolute Gasteiger partial charge is 0.381 e. The lowest BCUT2D eigenvalue weighted by molar-refractivity contribution is -0.119. The Kier molecular flexibility index (Phi) is 7.58. The molecule has 1 saturated carbocycles. The van der Waals surface area contributed by atoms with Gasteiger partial charge in [-0.05, 0) is 49.8 Å². The molecule has 1 aromatic heterocycles. The van der Waals surface area contributed by atoms with E-state index in [2.05, 4.69) is 27.9 Å². The topological polar surface area (TPSA) is 93.5 Å². The number of hydrogen-bond acceptors (Lipinski definition) is 5. The van der Waals surface area contributed by atoms with Crippen LogP contribution >= 0.6 is 0 Å². The van der Waals surface area contributed by atoms with Gasteiger partial charge in [0.05, 0.1) is 12.3 Å². The molecule has 2 heterocycles. The van der Waals surface area contributed by atoms with Gasteiger partial charge >= 0.3 is 0 Å². The summed E-state index contributed by atoms with van der Waals surface area (Å²) in [6.45, 7) is 3.28. The van der Waals surface area contributed by atoms with Crippen molar-refractivity contribution in [2.24, 2.45) is 5.92 Å². The Bertz CT molecular complexity index is 894. The fourth-order valence-corrected chi connectivity index (χ4v) is 4.80. The van der Waals surface area contributed by atoms with Crippen molar-refractivity contribution in [2.75, 3.05) is 18.5 Å². The van der Waals surface area contributed by atoms with Gasteiger partial charge in [-0.2, -0.15) is 0 Å². The zero-order chi connectivity index (χ0) is 22.3. The molecule has 1 aromatic carbocycles. The van der Waals surface area contributed by atoms with Crippen molar-refractivity contribution in [3.05, 3.63) is 47.3 Å². The molecule has 0 bridgehead atoms. The van der Waals surface area contributed by atoms with Crippen LogP contribution in [0.2, 0.25) is 0 Å². The minimum absolute atomic E-state index is 0.106. The maximum atomic E-state index is 13.4. The number of carbonyl (C=O) groups is 2. The second kappa shape index (κ2) is 10.8. The Labute approximate surface area is 189 Å². The molecule has 4 rings (SSSR count). The van der Waals surface area contributed by atoms with Gasteiger partial charge in [-0.3, -0.25) is 9.59 Å². The van der Waals surface area contributed by atoms with Crippen molar-refractivity contribution < 1.29 is 18.8 Å². The van der Waals surface area contributed by atoms with Crippen molar-refractivity contribution in [1.82, 2.24) is 10.5 Å². The summed E-state index contributed by atoms with van der Waals surface area (Å²) in [5.41, 5.74) is 2.86. The number of anilines is 1. The second-order valence-corrected chi connectivity index (χ2v) is 9.04. The number of carbonyl (C=O) groups excluding carboxylic acids is 2. The highest BCUT2D eigenvalue weighted by molar-refractivity contribution is 6.01. The van der Waals surface area contributed by atoms with Gasteiger partial charge in [0.2, 0.25) is 5.91 Å². The normalized spacial score (nSPS) is 20.8. The summed E-state index contributed by atoms with van der Waals surface area (Å²) in [7, 11) is 0. The van der Waals surface area contributed by atoms with Crippen LogP contribution in [0.4, 0.5) is 5.69 Å². The molecular formula is C25H33N3O4. The second-order valence-electron chi connectivity index (χ2n) is 9.04. The van der Waals surface area contributed by atoms with Crippen LogP contribution in [0, 0.1) is 12.8 Å².